The van der Waals surface area contributed by atoms with E-state index in [9.17, 15) is 14.3 Å². The van der Waals surface area contributed by atoms with Crippen LogP contribution in [0.4, 0.5) is 0 Å². The summed E-state index contributed by atoms with van der Waals surface area (Å²) in [6, 6.07) is 9.64. The molecule has 1 heterocycles. The highest BCUT2D eigenvalue weighted by atomic mass is 32.2. The largest absolute Gasteiger partial charge is 0.243 e. The molecular weight excluding hydrogens is 240 g/mol. The van der Waals surface area contributed by atoms with Crippen molar-refractivity contribution in [3.8, 4) is 0 Å². The summed E-state index contributed by atoms with van der Waals surface area (Å²) in [6.45, 7) is 0. The lowest BCUT2D eigenvalue weighted by molar-refractivity contribution is -0.482. The van der Waals surface area contributed by atoms with E-state index in [1.54, 1.807) is 0 Å². The molecule has 1 fully saturated rings. The Balaban J connectivity index is 2.22. The van der Waals surface area contributed by atoms with Crippen molar-refractivity contribution >= 4 is 9.73 Å². The number of nitro groups is 1. The molecule has 1 aliphatic rings. The van der Waals surface area contributed by atoms with Crippen LogP contribution in [-0.2, 0) is 16.1 Å². The maximum Gasteiger partial charge on any atom is 0.199 e. The van der Waals surface area contributed by atoms with Gasteiger partial charge in [-0.05, 0) is 24.8 Å². The molecule has 2 atom stereocenters. The molecule has 0 aromatic heterocycles. The van der Waals surface area contributed by atoms with Crippen molar-refractivity contribution in [2.45, 2.75) is 24.5 Å². The van der Waals surface area contributed by atoms with Crippen LogP contribution in [0.5, 0.6) is 0 Å². The second-order valence-electron chi connectivity index (χ2n) is 4.17. The van der Waals surface area contributed by atoms with Crippen LogP contribution >= 0.6 is 0 Å². The molecule has 1 aliphatic heterocycles. The zero-order valence-corrected chi connectivity index (χ0v) is 10.1. The fourth-order valence-electron chi connectivity index (χ4n) is 2.20. The highest BCUT2D eigenvalue weighted by molar-refractivity contribution is 7.94. The standard InChI is InChI=1S/C11H14N2O3S/c14-13(15)12-17(16)8-4-7-11(17)9-10-5-2-1-3-6-10/h1-3,5-6,11H,4,7-9H2. The second kappa shape index (κ2) is 4.83. The molecule has 0 amide bonds. The number of hydrogen-bond acceptors (Lipinski definition) is 3. The minimum atomic E-state index is -2.67. The summed E-state index contributed by atoms with van der Waals surface area (Å²) in [7, 11) is -2.67. The number of hydrogen-bond donors (Lipinski definition) is 0. The van der Waals surface area contributed by atoms with Gasteiger partial charge in [-0.2, -0.15) is 0 Å². The summed E-state index contributed by atoms with van der Waals surface area (Å²) in [5.41, 5.74) is 1.06. The van der Waals surface area contributed by atoms with Gasteiger partial charge in [0, 0.05) is 5.75 Å². The highest BCUT2D eigenvalue weighted by Gasteiger charge is 2.32. The highest BCUT2D eigenvalue weighted by Crippen LogP contribution is 2.25. The molecule has 2 rings (SSSR count). The van der Waals surface area contributed by atoms with E-state index in [-0.39, 0.29) is 5.25 Å². The smallest absolute Gasteiger partial charge is 0.199 e. The first kappa shape index (κ1) is 12.0. The van der Waals surface area contributed by atoms with Crippen molar-refractivity contribution in [2.24, 2.45) is 4.47 Å². The Hall–Kier alpha value is -1.43. The number of benzene rings is 1. The molecule has 1 saturated heterocycles. The first-order valence-corrected chi connectivity index (χ1v) is 7.27. The van der Waals surface area contributed by atoms with E-state index in [1.807, 2.05) is 30.3 Å². The lowest BCUT2D eigenvalue weighted by Crippen LogP contribution is -2.19. The lowest BCUT2D eigenvalue weighted by atomic mass is 10.1. The Morgan fingerprint density at radius 3 is 2.76 bits per heavy atom. The molecular formula is C11H14N2O3S. The van der Waals surface area contributed by atoms with Crippen molar-refractivity contribution in [2.75, 3.05) is 5.75 Å². The molecule has 0 saturated carbocycles. The first-order chi connectivity index (χ1) is 8.10. The molecule has 0 aliphatic carbocycles. The van der Waals surface area contributed by atoms with Crippen molar-refractivity contribution in [3.63, 3.8) is 0 Å². The van der Waals surface area contributed by atoms with Gasteiger partial charge in [-0.15, -0.1) is 0 Å². The van der Waals surface area contributed by atoms with Crippen LogP contribution < -0.4 is 0 Å². The Kier molecular flexibility index (Phi) is 3.42. The number of nitrogens with zero attached hydrogens (tertiary/aromatic N) is 2. The summed E-state index contributed by atoms with van der Waals surface area (Å²) in [6.07, 6.45) is 2.12. The van der Waals surface area contributed by atoms with Gasteiger partial charge in [0.05, 0.1) is 5.25 Å². The molecule has 0 bridgehead atoms. The van der Waals surface area contributed by atoms with E-state index in [0.717, 1.165) is 18.4 Å². The van der Waals surface area contributed by atoms with Gasteiger partial charge < -0.3 is 0 Å². The normalized spacial score (nSPS) is 27.9. The summed E-state index contributed by atoms with van der Waals surface area (Å²) in [5, 5.41) is 9.43. The SMILES string of the molecule is O=[N+]([O-])N=S1(=O)CCCC1Cc1ccccc1. The quantitative estimate of drug-likeness (QED) is 0.612. The van der Waals surface area contributed by atoms with E-state index in [0.29, 0.717) is 12.2 Å². The lowest BCUT2D eigenvalue weighted by Gasteiger charge is -2.10. The molecule has 1 aromatic carbocycles. The van der Waals surface area contributed by atoms with Gasteiger partial charge in [0.2, 0.25) is 0 Å². The Morgan fingerprint density at radius 1 is 1.41 bits per heavy atom. The van der Waals surface area contributed by atoms with Crippen LogP contribution in [0.2, 0.25) is 0 Å². The average molecular weight is 254 g/mol. The molecule has 17 heavy (non-hydrogen) atoms. The second-order valence-corrected chi connectivity index (χ2v) is 6.79. The molecule has 0 N–H and O–H groups in total. The van der Waals surface area contributed by atoms with Crippen molar-refractivity contribution in [1.82, 2.24) is 0 Å². The van der Waals surface area contributed by atoms with Crippen molar-refractivity contribution < 1.29 is 9.24 Å². The van der Waals surface area contributed by atoms with Crippen LogP contribution in [0.25, 0.3) is 0 Å². The predicted octanol–water partition coefficient (Wildman–Crippen LogP) is 2.05. The summed E-state index contributed by atoms with van der Waals surface area (Å²) in [4.78, 5) is 10.4. The molecule has 92 valence electrons. The molecule has 5 nitrogen and oxygen atoms in total. The van der Waals surface area contributed by atoms with Crippen molar-refractivity contribution in [1.29, 1.82) is 0 Å². The van der Waals surface area contributed by atoms with Crippen LogP contribution in [0.15, 0.2) is 34.8 Å². The molecule has 6 heteroatoms. The zero-order chi connectivity index (χ0) is 12.3. The monoisotopic (exact) mass is 254 g/mol. The molecule has 0 spiro atoms. The van der Waals surface area contributed by atoms with Gasteiger partial charge in [-0.1, -0.05) is 30.3 Å². The third kappa shape index (κ3) is 2.82. The minimum absolute atomic E-state index is 0.185. The fraction of sp³-hybridized carbons (Fsp3) is 0.455. The summed E-state index contributed by atoms with van der Waals surface area (Å²) >= 11 is 0. The minimum Gasteiger partial charge on any atom is -0.243 e. The van der Waals surface area contributed by atoms with Gasteiger partial charge >= 0.3 is 0 Å². The zero-order valence-electron chi connectivity index (χ0n) is 9.32. The van der Waals surface area contributed by atoms with Crippen LogP contribution in [0.1, 0.15) is 18.4 Å². The summed E-state index contributed by atoms with van der Waals surface area (Å²) < 4.78 is 15.6. The van der Waals surface area contributed by atoms with Crippen LogP contribution in [-0.4, -0.2) is 20.2 Å². The maximum atomic E-state index is 12.3. The fourth-order valence-corrected chi connectivity index (χ4v) is 4.54. The van der Waals surface area contributed by atoms with Gasteiger partial charge in [-0.25, -0.2) is 14.3 Å². The maximum absolute atomic E-state index is 12.3. The van der Waals surface area contributed by atoms with Gasteiger partial charge in [0.25, 0.3) is 0 Å². The van der Waals surface area contributed by atoms with E-state index < -0.39 is 14.8 Å². The molecule has 1 aromatic rings. The Labute approximate surface area is 100 Å². The van der Waals surface area contributed by atoms with Gasteiger partial charge in [0.1, 0.15) is 14.2 Å². The van der Waals surface area contributed by atoms with Crippen molar-refractivity contribution in [3.05, 3.63) is 46.0 Å². The van der Waals surface area contributed by atoms with E-state index in [4.69, 9.17) is 0 Å². The Morgan fingerprint density at radius 2 is 2.12 bits per heavy atom. The van der Waals surface area contributed by atoms with Crippen LogP contribution in [0, 0.1) is 10.1 Å². The van der Waals surface area contributed by atoms with Gasteiger partial charge in [0.15, 0.2) is 5.03 Å². The van der Waals surface area contributed by atoms with E-state index in [1.165, 1.54) is 0 Å². The summed E-state index contributed by atoms with van der Waals surface area (Å²) in [5.74, 6) is 0.353. The average Bonchev–Trinajstić information content (AvgIpc) is 2.60. The van der Waals surface area contributed by atoms with E-state index >= 15 is 0 Å². The predicted molar refractivity (Wildman–Crippen MR) is 65.6 cm³/mol. The number of rotatable bonds is 3. The van der Waals surface area contributed by atoms with Gasteiger partial charge in [-0.3, -0.25) is 0 Å². The van der Waals surface area contributed by atoms with E-state index in [2.05, 4.69) is 4.47 Å². The Bertz CT molecular complexity index is 521. The third-order valence-corrected chi connectivity index (χ3v) is 5.72. The third-order valence-electron chi connectivity index (χ3n) is 2.99. The van der Waals surface area contributed by atoms with Crippen LogP contribution in [0.3, 0.4) is 0 Å². The molecule has 0 radical (unpaired) electrons. The topological polar surface area (TPSA) is 72.6 Å². The first-order valence-electron chi connectivity index (χ1n) is 5.52. The molecule has 2 unspecified atom stereocenters.